The summed E-state index contributed by atoms with van der Waals surface area (Å²) in [5.74, 6) is 0.0692. The summed E-state index contributed by atoms with van der Waals surface area (Å²) in [5.41, 5.74) is 7.67. The molecule has 3 heteroatoms. The molecule has 0 radical (unpaired) electrons. The molecule has 0 aliphatic carbocycles. The fourth-order valence-corrected chi connectivity index (χ4v) is 2.77. The number of benzene rings is 1. The second kappa shape index (κ2) is 6.40. The lowest BCUT2D eigenvalue weighted by molar-refractivity contribution is -0.122. The Bertz CT molecular complexity index is 441. The molecular weight excluding hydrogens is 248 g/mol. The van der Waals surface area contributed by atoms with Crippen LogP contribution < -0.4 is 11.1 Å². The molecule has 0 heterocycles. The lowest BCUT2D eigenvalue weighted by Crippen LogP contribution is -2.46. The minimum Gasteiger partial charge on any atom is -0.351 e. The first-order valence-corrected chi connectivity index (χ1v) is 7.20. The number of hydrogen-bond donors (Lipinski definition) is 2. The number of amides is 1. The van der Waals surface area contributed by atoms with Crippen molar-refractivity contribution in [1.29, 1.82) is 0 Å². The molecule has 0 saturated heterocycles. The van der Waals surface area contributed by atoms with Crippen LogP contribution in [0, 0.1) is 5.41 Å². The summed E-state index contributed by atoms with van der Waals surface area (Å²) in [7, 11) is 0. The van der Waals surface area contributed by atoms with E-state index in [0.717, 1.165) is 17.5 Å². The van der Waals surface area contributed by atoms with E-state index in [-0.39, 0.29) is 16.9 Å². The molecule has 0 spiro atoms. The molecule has 112 valence electrons. The number of carbonyl (C=O) groups excluding carboxylic acids is 1. The van der Waals surface area contributed by atoms with E-state index in [9.17, 15) is 4.79 Å². The summed E-state index contributed by atoms with van der Waals surface area (Å²) in [6.45, 7) is 11.2. The smallest absolute Gasteiger partial charge is 0.224 e. The molecule has 0 aliphatic rings. The van der Waals surface area contributed by atoms with E-state index >= 15 is 0 Å². The normalized spacial score (nSPS) is 12.3. The van der Waals surface area contributed by atoms with E-state index < -0.39 is 0 Å². The summed E-state index contributed by atoms with van der Waals surface area (Å²) in [4.78, 5) is 12.1. The van der Waals surface area contributed by atoms with E-state index in [0.29, 0.717) is 13.0 Å². The van der Waals surface area contributed by atoms with Crippen molar-refractivity contribution >= 4 is 5.91 Å². The van der Waals surface area contributed by atoms with Gasteiger partial charge in [-0.25, -0.2) is 0 Å². The van der Waals surface area contributed by atoms with Crippen LogP contribution in [0.4, 0.5) is 0 Å². The lowest BCUT2D eigenvalue weighted by Gasteiger charge is -2.33. The molecule has 20 heavy (non-hydrogen) atoms. The number of carbonyl (C=O) groups is 1. The van der Waals surface area contributed by atoms with Gasteiger partial charge in [0.2, 0.25) is 5.91 Å². The number of nitrogens with two attached hydrogens (primary N) is 1. The zero-order valence-electron chi connectivity index (χ0n) is 13.4. The largest absolute Gasteiger partial charge is 0.351 e. The zero-order valence-corrected chi connectivity index (χ0v) is 13.4. The quantitative estimate of drug-likeness (QED) is 0.868. The van der Waals surface area contributed by atoms with Gasteiger partial charge in [-0.1, -0.05) is 45.0 Å². The first kappa shape index (κ1) is 16.7. The maximum absolute atomic E-state index is 12.1. The maximum atomic E-state index is 12.1. The van der Waals surface area contributed by atoms with Gasteiger partial charge in [0, 0.05) is 12.1 Å². The van der Waals surface area contributed by atoms with Crippen LogP contribution >= 0.6 is 0 Å². The first-order chi connectivity index (χ1) is 9.11. The Labute approximate surface area is 122 Å². The van der Waals surface area contributed by atoms with Gasteiger partial charge in [-0.05, 0) is 36.8 Å². The Morgan fingerprint density at radius 3 is 2.00 bits per heavy atom. The van der Waals surface area contributed by atoms with Gasteiger partial charge in [0.15, 0.2) is 0 Å². The molecule has 0 atom stereocenters. The molecule has 0 unspecified atom stereocenters. The van der Waals surface area contributed by atoms with Gasteiger partial charge in [-0.2, -0.15) is 0 Å². The second-order valence-electron chi connectivity index (χ2n) is 7.37. The highest BCUT2D eigenvalue weighted by Crippen LogP contribution is 2.26. The minimum atomic E-state index is -0.188. The highest BCUT2D eigenvalue weighted by molar-refractivity contribution is 5.79. The van der Waals surface area contributed by atoms with Crippen LogP contribution in [-0.4, -0.2) is 11.4 Å². The summed E-state index contributed by atoms with van der Waals surface area (Å²) >= 11 is 0. The Balaban J connectivity index is 2.58. The third kappa shape index (κ3) is 6.20. The molecule has 1 amide bonds. The molecule has 0 aliphatic heterocycles. The van der Waals surface area contributed by atoms with Gasteiger partial charge in [0.1, 0.15) is 0 Å². The maximum Gasteiger partial charge on any atom is 0.224 e. The zero-order chi connectivity index (χ0) is 15.4. The molecule has 0 bridgehead atoms. The average molecular weight is 276 g/mol. The molecule has 1 aromatic rings. The van der Waals surface area contributed by atoms with E-state index in [2.05, 4.69) is 39.9 Å². The van der Waals surface area contributed by atoms with Crippen molar-refractivity contribution in [2.75, 3.05) is 0 Å². The molecule has 0 aromatic heterocycles. The van der Waals surface area contributed by atoms with E-state index in [1.807, 2.05) is 24.3 Å². The van der Waals surface area contributed by atoms with Gasteiger partial charge in [0.25, 0.3) is 0 Å². The topological polar surface area (TPSA) is 55.1 Å². The van der Waals surface area contributed by atoms with Crippen LogP contribution in [0.5, 0.6) is 0 Å². The number of hydrogen-bond acceptors (Lipinski definition) is 2. The monoisotopic (exact) mass is 276 g/mol. The van der Waals surface area contributed by atoms with Crippen molar-refractivity contribution in [3.63, 3.8) is 0 Å². The Morgan fingerprint density at radius 1 is 1.05 bits per heavy atom. The van der Waals surface area contributed by atoms with Crippen LogP contribution in [-0.2, 0) is 17.8 Å². The summed E-state index contributed by atoms with van der Waals surface area (Å²) in [5, 5.41) is 3.13. The summed E-state index contributed by atoms with van der Waals surface area (Å²) in [6, 6.07) is 7.89. The fourth-order valence-electron chi connectivity index (χ4n) is 2.77. The molecule has 0 fully saturated rings. The molecule has 3 N–H and O–H groups in total. The summed E-state index contributed by atoms with van der Waals surface area (Å²) < 4.78 is 0. The van der Waals surface area contributed by atoms with Crippen molar-refractivity contribution in [3.05, 3.63) is 35.4 Å². The van der Waals surface area contributed by atoms with Crippen LogP contribution in [0.25, 0.3) is 0 Å². The molecule has 3 nitrogen and oxygen atoms in total. The van der Waals surface area contributed by atoms with E-state index in [4.69, 9.17) is 5.73 Å². The number of nitrogens with one attached hydrogen (secondary N) is 1. The molecular formula is C17H28N2O. The van der Waals surface area contributed by atoms with Crippen LogP contribution in [0.15, 0.2) is 24.3 Å². The fraction of sp³-hybridized carbons (Fsp3) is 0.588. The Hall–Kier alpha value is -1.35. The Morgan fingerprint density at radius 2 is 1.55 bits per heavy atom. The predicted octanol–water partition coefficient (Wildman–Crippen LogP) is 3.02. The second-order valence-corrected chi connectivity index (χ2v) is 7.37. The van der Waals surface area contributed by atoms with Crippen molar-refractivity contribution in [1.82, 2.24) is 5.32 Å². The highest BCUT2D eigenvalue weighted by Gasteiger charge is 2.26. The van der Waals surface area contributed by atoms with Crippen molar-refractivity contribution < 1.29 is 4.79 Å². The van der Waals surface area contributed by atoms with Crippen molar-refractivity contribution in [2.45, 2.75) is 59.5 Å². The van der Waals surface area contributed by atoms with Crippen LogP contribution in [0.2, 0.25) is 0 Å². The van der Waals surface area contributed by atoms with Crippen molar-refractivity contribution in [2.24, 2.45) is 11.1 Å². The SMILES string of the molecule is CC(C)(C)CC(C)(C)NC(=O)Cc1ccc(CN)cc1. The Kier molecular flexibility index (Phi) is 5.35. The van der Waals surface area contributed by atoms with Gasteiger partial charge in [-0.3, -0.25) is 4.79 Å². The molecule has 1 aromatic carbocycles. The van der Waals surface area contributed by atoms with E-state index in [1.54, 1.807) is 0 Å². The summed E-state index contributed by atoms with van der Waals surface area (Å²) in [6.07, 6.45) is 1.36. The van der Waals surface area contributed by atoms with Gasteiger partial charge < -0.3 is 11.1 Å². The lowest BCUT2D eigenvalue weighted by atomic mass is 9.81. The van der Waals surface area contributed by atoms with Gasteiger partial charge >= 0.3 is 0 Å². The third-order valence-electron chi connectivity index (χ3n) is 3.07. The average Bonchev–Trinajstić information content (AvgIpc) is 2.25. The van der Waals surface area contributed by atoms with E-state index in [1.165, 1.54) is 0 Å². The third-order valence-corrected chi connectivity index (χ3v) is 3.07. The first-order valence-electron chi connectivity index (χ1n) is 7.20. The predicted molar refractivity (Wildman–Crippen MR) is 84.3 cm³/mol. The van der Waals surface area contributed by atoms with Gasteiger partial charge in [0.05, 0.1) is 6.42 Å². The van der Waals surface area contributed by atoms with Crippen molar-refractivity contribution in [3.8, 4) is 0 Å². The standard InChI is InChI=1S/C17H28N2O/c1-16(2,3)12-17(4,5)19-15(20)10-13-6-8-14(11-18)9-7-13/h6-9H,10-12,18H2,1-5H3,(H,19,20). The molecule has 0 saturated carbocycles. The van der Waals surface area contributed by atoms with Crippen LogP contribution in [0.3, 0.4) is 0 Å². The minimum absolute atomic E-state index is 0.0692. The number of rotatable bonds is 5. The highest BCUT2D eigenvalue weighted by atomic mass is 16.1. The molecule has 1 rings (SSSR count). The van der Waals surface area contributed by atoms with Gasteiger partial charge in [-0.15, -0.1) is 0 Å². The van der Waals surface area contributed by atoms with Crippen LogP contribution in [0.1, 0.15) is 52.2 Å².